The lowest BCUT2D eigenvalue weighted by atomic mass is 9.90. The summed E-state index contributed by atoms with van der Waals surface area (Å²) in [5.74, 6) is 6.10. The van der Waals surface area contributed by atoms with E-state index >= 15 is 0 Å². The van der Waals surface area contributed by atoms with E-state index in [1.807, 2.05) is 6.07 Å². The van der Waals surface area contributed by atoms with Crippen molar-refractivity contribution in [1.82, 2.24) is 14.8 Å². The van der Waals surface area contributed by atoms with E-state index < -0.39 is 12.7 Å². The van der Waals surface area contributed by atoms with Gasteiger partial charge in [0.2, 0.25) is 0 Å². The standard InChI is InChI=1S/C30H36F3N5O2/c1-34-29(39)20-10-15-26(28(17-20)40-4)35-16-6-7-23-18-24-25(36-21-11-13-22(14-12-21)37(2)3)8-5-9-27(24)38(23)19-30(31,32)33/h5,8-10,15,17-18,21-22,35-36H,11-14,16,19H2,1-4H3,(H,34,39)/t21-,22-. The number of methoxy groups -OCH3 is 1. The van der Waals surface area contributed by atoms with Crippen molar-refractivity contribution in [2.24, 2.45) is 0 Å². The number of anilines is 2. The van der Waals surface area contributed by atoms with E-state index in [2.05, 4.69) is 46.8 Å². The molecular weight excluding hydrogens is 519 g/mol. The van der Waals surface area contributed by atoms with Crippen molar-refractivity contribution in [2.45, 2.75) is 50.5 Å². The van der Waals surface area contributed by atoms with Crippen LogP contribution in [-0.2, 0) is 6.54 Å². The maximum atomic E-state index is 13.6. The third kappa shape index (κ3) is 7.02. The normalized spacial score (nSPS) is 17.3. The number of hydrogen-bond donors (Lipinski definition) is 3. The summed E-state index contributed by atoms with van der Waals surface area (Å²) >= 11 is 0. The van der Waals surface area contributed by atoms with E-state index in [0.29, 0.717) is 34.3 Å². The lowest BCUT2D eigenvalue weighted by molar-refractivity contribution is -0.140. The van der Waals surface area contributed by atoms with Gasteiger partial charge in [0.05, 0.1) is 30.6 Å². The largest absolute Gasteiger partial charge is 0.495 e. The van der Waals surface area contributed by atoms with Gasteiger partial charge in [0.25, 0.3) is 5.91 Å². The van der Waals surface area contributed by atoms with Crippen LogP contribution in [-0.4, -0.2) is 68.4 Å². The zero-order valence-electron chi connectivity index (χ0n) is 23.3. The minimum Gasteiger partial charge on any atom is -0.495 e. The molecule has 1 fully saturated rings. The second-order valence-corrected chi connectivity index (χ2v) is 10.2. The number of carbonyl (C=O) groups excluding carboxylic acids is 1. The van der Waals surface area contributed by atoms with Gasteiger partial charge in [0, 0.05) is 35.8 Å². The Morgan fingerprint density at radius 3 is 2.50 bits per heavy atom. The van der Waals surface area contributed by atoms with Crippen LogP contribution in [0.2, 0.25) is 0 Å². The molecule has 0 aliphatic heterocycles. The minimum absolute atomic E-state index is 0.170. The summed E-state index contributed by atoms with van der Waals surface area (Å²) in [6.07, 6.45) is -0.213. The Hall–Kier alpha value is -3.84. The first-order valence-electron chi connectivity index (χ1n) is 13.3. The smallest absolute Gasteiger partial charge is 0.406 e. The Balaban J connectivity index is 1.56. The van der Waals surface area contributed by atoms with Crippen LogP contribution in [0.15, 0.2) is 42.5 Å². The van der Waals surface area contributed by atoms with Gasteiger partial charge in [-0.2, -0.15) is 13.2 Å². The lowest BCUT2D eigenvalue weighted by Crippen LogP contribution is -2.36. The van der Waals surface area contributed by atoms with Gasteiger partial charge in [-0.1, -0.05) is 12.0 Å². The molecule has 1 saturated carbocycles. The lowest BCUT2D eigenvalue weighted by Gasteiger charge is -2.33. The Labute approximate surface area is 233 Å². The predicted molar refractivity (Wildman–Crippen MR) is 153 cm³/mol. The number of carbonyl (C=O) groups is 1. The highest BCUT2D eigenvalue weighted by atomic mass is 19.4. The van der Waals surface area contributed by atoms with Crippen LogP contribution >= 0.6 is 0 Å². The zero-order valence-corrected chi connectivity index (χ0v) is 23.3. The molecule has 1 aliphatic carbocycles. The SMILES string of the molecule is CNC(=O)c1ccc(NCC#Cc2cc3c(N[C@H]4CC[C@H](N(C)C)CC4)cccc3n2CC(F)(F)F)c(OC)c1. The first kappa shape index (κ1) is 29.2. The number of aromatic nitrogens is 1. The molecule has 1 aliphatic rings. The Morgan fingerprint density at radius 2 is 1.85 bits per heavy atom. The van der Waals surface area contributed by atoms with Crippen LogP contribution in [0, 0.1) is 11.8 Å². The third-order valence-electron chi connectivity index (χ3n) is 7.34. The number of rotatable bonds is 8. The Bertz CT molecular complexity index is 1400. The van der Waals surface area contributed by atoms with E-state index in [-0.39, 0.29) is 18.5 Å². The van der Waals surface area contributed by atoms with Gasteiger partial charge < -0.3 is 30.2 Å². The van der Waals surface area contributed by atoms with E-state index in [1.165, 1.54) is 11.7 Å². The van der Waals surface area contributed by atoms with Gasteiger partial charge in [0.15, 0.2) is 0 Å². The van der Waals surface area contributed by atoms with Crippen LogP contribution in [0.1, 0.15) is 41.7 Å². The molecule has 4 rings (SSSR count). The molecule has 0 radical (unpaired) electrons. The van der Waals surface area contributed by atoms with Crippen LogP contribution in [0.5, 0.6) is 5.75 Å². The quantitative estimate of drug-likeness (QED) is 0.328. The molecule has 1 amide bonds. The summed E-state index contributed by atoms with van der Waals surface area (Å²) in [6, 6.07) is 13.0. The van der Waals surface area contributed by atoms with Crippen molar-refractivity contribution in [3.8, 4) is 17.6 Å². The highest BCUT2D eigenvalue weighted by Crippen LogP contribution is 2.32. The van der Waals surface area contributed by atoms with Gasteiger partial charge in [-0.25, -0.2) is 0 Å². The molecule has 214 valence electrons. The molecule has 3 N–H and O–H groups in total. The fourth-order valence-electron chi connectivity index (χ4n) is 5.22. The minimum atomic E-state index is -4.39. The third-order valence-corrected chi connectivity index (χ3v) is 7.34. The summed E-state index contributed by atoms with van der Waals surface area (Å²) < 4.78 is 47.3. The number of ether oxygens (including phenoxy) is 1. The summed E-state index contributed by atoms with van der Waals surface area (Å²) in [5, 5.41) is 10.00. The fourth-order valence-corrected chi connectivity index (χ4v) is 5.22. The predicted octanol–water partition coefficient (Wildman–Crippen LogP) is 5.32. The van der Waals surface area contributed by atoms with Gasteiger partial charge in [0.1, 0.15) is 12.3 Å². The average molecular weight is 556 g/mol. The average Bonchev–Trinajstić information content (AvgIpc) is 3.27. The highest BCUT2D eigenvalue weighted by Gasteiger charge is 2.30. The van der Waals surface area contributed by atoms with Gasteiger partial charge >= 0.3 is 6.18 Å². The van der Waals surface area contributed by atoms with E-state index in [0.717, 1.165) is 36.8 Å². The first-order chi connectivity index (χ1) is 19.1. The van der Waals surface area contributed by atoms with E-state index in [4.69, 9.17) is 4.74 Å². The molecule has 2 aromatic carbocycles. The summed E-state index contributed by atoms with van der Waals surface area (Å²) in [7, 11) is 7.24. The molecule has 10 heteroatoms. The number of nitrogens with one attached hydrogen (secondary N) is 3. The van der Waals surface area contributed by atoms with E-state index in [1.54, 1.807) is 43.4 Å². The number of alkyl halides is 3. The zero-order chi connectivity index (χ0) is 28.9. The molecular formula is C30H36F3N5O2. The number of fused-ring (bicyclic) bond motifs is 1. The molecule has 0 saturated heterocycles. The molecule has 1 aromatic heterocycles. The Kier molecular flexibility index (Phi) is 9.15. The maximum Gasteiger partial charge on any atom is 0.406 e. The second kappa shape index (κ2) is 12.6. The number of halogens is 3. The van der Waals surface area contributed by atoms with Gasteiger partial charge in [-0.15, -0.1) is 0 Å². The van der Waals surface area contributed by atoms with Crippen molar-refractivity contribution in [3.05, 3.63) is 53.7 Å². The number of amides is 1. The molecule has 0 spiro atoms. The van der Waals surface area contributed by atoms with E-state index in [9.17, 15) is 18.0 Å². The van der Waals surface area contributed by atoms with Crippen LogP contribution in [0.25, 0.3) is 10.9 Å². The fraction of sp³-hybridized carbons (Fsp3) is 0.433. The molecule has 1 heterocycles. The van der Waals surface area contributed by atoms with Crippen molar-refractivity contribution in [3.63, 3.8) is 0 Å². The molecule has 0 atom stereocenters. The van der Waals surface area contributed by atoms with Crippen LogP contribution in [0.4, 0.5) is 24.5 Å². The first-order valence-corrected chi connectivity index (χ1v) is 13.3. The number of benzene rings is 2. The van der Waals surface area contributed by atoms with Crippen LogP contribution in [0.3, 0.4) is 0 Å². The molecule has 0 bridgehead atoms. The molecule has 0 unspecified atom stereocenters. The number of nitrogens with zero attached hydrogens (tertiary/aromatic N) is 2. The summed E-state index contributed by atoms with van der Waals surface area (Å²) in [6.45, 7) is -0.955. The van der Waals surface area contributed by atoms with Gasteiger partial charge in [-0.05, 0) is 82.1 Å². The molecule has 3 aromatic rings. The van der Waals surface area contributed by atoms with Crippen molar-refractivity contribution < 1.29 is 22.7 Å². The second-order valence-electron chi connectivity index (χ2n) is 10.2. The topological polar surface area (TPSA) is 70.6 Å². The summed E-state index contributed by atoms with van der Waals surface area (Å²) in [4.78, 5) is 14.1. The molecule has 7 nitrogen and oxygen atoms in total. The number of hydrogen-bond acceptors (Lipinski definition) is 5. The van der Waals surface area contributed by atoms with Crippen molar-refractivity contribution in [1.29, 1.82) is 0 Å². The maximum absolute atomic E-state index is 13.6. The van der Waals surface area contributed by atoms with Crippen LogP contribution < -0.4 is 20.7 Å². The monoisotopic (exact) mass is 555 g/mol. The van der Waals surface area contributed by atoms with Gasteiger partial charge in [-0.3, -0.25) is 4.79 Å². The molecule has 40 heavy (non-hydrogen) atoms. The Morgan fingerprint density at radius 1 is 1.10 bits per heavy atom. The van der Waals surface area contributed by atoms with Crippen molar-refractivity contribution >= 4 is 28.2 Å². The highest BCUT2D eigenvalue weighted by molar-refractivity contribution is 5.95. The van der Waals surface area contributed by atoms with Crippen molar-refractivity contribution in [2.75, 3.05) is 45.4 Å². The summed E-state index contributed by atoms with van der Waals surface area (Å²) in [5.41, 5.74) is 2.68.